The molecule has 1 unspecified atom stereocenters. The maximum Gasteiger partial charge on any atom is 0.308 e. The van der Waals surface area contributed by atoms with E-state index in [4.69, 9.17) is 9.47 Å². The molecule has 0 fully saturated rings. The Kier molecular flexibility index (Phi) is 4.71. The molecule has 1 aromatic carbocycles. The van der Waals surface area contributed by atoms with Crippen molar-refractivity contribution in [3.8, 4) is 5.75 Å². The number of hydrazone groups is 1. The number of pyridine rings is 1. The smallest absolute Gasteiger partial charge is 0.308 e. The number of carbonyl (C=O) groups excluding carboxylic acids is 2. The topological polar surface area (TPSA) is 81.1 Å². The zero-order valence-electron chi connectivity index (χ0n) is 15.0. The molecule has 7 nitrogen and oxygen atoms in total. The highest BCUT2D eigenvalue weighted by Gasteiger charge is 2.35. The van der Waals surface area contributed by atoms with Crippen molar-refractivity contribution in [1.82, 2.24) is 9.99 Å². The fourth-order valence-corrected chi connectivity index (χ4v) is 2.59. The number of aryl methyl sites for hydroxylation is 2. The molecular weight excluding hydrogens is 334 g/mol. The van der Waals surface area contributed by atoms with Crippen LogP contribution >= 0.6 is 0 Å². The van der Waals surface area contributed by atoms with Gasteiger partial charge in [0, 0.05) is 25.7 Å². The van der Waals surface area contributed by atoms with Crippen LogP contribution in [0.25, 0.3) is 0 Å². The van der Waals surface area contributed by atoms with E-state index in [1.165, 1.54) is 18.9 Å². The van der Waals surface area contributed by atoms with E-state index in [0.717, 1.165) is 11.3 Å². The molecule has 0 spiro atoms. The summed E-state index contributed by atoms with van der Waals surface area (Å²) in [5, 5.41) is 5.53. The van der Waals surface area contributed by atoms with Crippen LogP contribution in [0.1, 0.15) is 42.5 Å². The third-order valence-corrected chi connectivity index (χ3v) is 3.81. The minimum atomic E-state index is -0.821. The van der Waals surface area contributed by atoms with E-state index in [0.29, 0.717) is 16.9 Å². The van der Waals surface area contributed by atoms with Gasteiger partial charge < -0.3 is 9.47 Å². The van der Waals surface area contributed by atoms with E-state index < -0.39 is 12.2 Å². The van der Waals surface area contributed by atoms with Crippen LogP contribution in [0.4, 0.5) is 0 Å². The number of benzene rings is 1. The van der Waals surface area contributed by atoms with E-state index in [2.05, 4.69) is 10.1 Å². The molecule has 0 saturated heterocycles. The van der Waals surface area contributed by atoms with Gasteiger partial charge in [0.25, 0.3) is 0 Å². The largest absolute Gasteiger partial charge is 0.445 e. The van der Waals surface area contributed by atoms with E-state index in [-0.39, 0.29) is 11.8 Å². The average molecular weight is 353 g/mol. The molecule has 0 N–H and O–H groups in total. The van der Waals surface area contributed by atoms with Gasteiger partial charge in [-0.2, -0.15) is 5.01 Å². The molecule has 2 heterocycles. The summed E-state index contributed by atoms with van der Waals surface area (Å²) in [5.74, 6) is -0.127. The van der Waals surface area contributed by atoms with Crippen LogP contribution in [0, 0.1) is 13.8 Å². The first-order chi connectivity index (χ1) is 12.3. The van der Waals surface area contributed by atoms with Gasteiger partial charge in [0.15, 0.2) is 0 Å². The first-order valence-corrected chi connectivity index (χ1v) is 8.12. The summed E-state index contributed by atoms with van der Waals surface area (Å²) in [4.78, 5) is 27.7. The minimum Gasteiger partial charge on any atom is -0.445 e. The van der Waals surface area contributed by atoms with Crippen molar-refractivity contribution in [3.05, 3.63) is 58.9 Å². The van der Waals surface area contributed by atoms with Gasteiger partial charge in [0.1, 0.15) is 5.75 Å². The van der Waals surface area contributed by atoms with Crippen LogP contribution in [0.2, 0.25) is 0 Å². The van der Waals surface area contributed by atoms with Crippen LogP contribution in [-0.4, -0.2) is 27.8 Å². The molecule has 3 rings (SSSR count). The van der Waals surface area contributed by atoms with Gasteiger partial charge in [-0.15, -0.1) is 5.10 Å². The molecule has 1 atom stereocenters. The monoisotopic (exact) mass is 353 g/mol. The molecule has 0 bridgehead atoms. The van der Waals surface area contributed by atoms with Crippen molar-refractivity contribution >= 4 is 17.8 Å². The third-order valence-electron chi connectivity index (χ3n) is 3.81. The fourth-order valence-electron chi connectivity index (χ4n) is 2.59. The van der Waals surface area contributed by atoms with Crippen LogP contribution < -0.4 is 4.74 Å². The summed E-state index contributed by atoms with van der Waals surface area (Å²) >= 11 is 0. The Labute approximate surface area is 151 Å². The lowest BCUT2D eigenvalue weighted by Crippen LogP contribution is -2.26. The predicted molar refractivity (Wildman–Crippen MR) is 94.3 cm³/mol. The maximum absolute atomic E-state index is 12.1. The lowest BCUT2D eigenvalue weighted by molar-refractivity contribution is -0.135. The van der Waals surface area contributed by atoms with Gasteiger partial charge in [0.05, 0.1) is 11.1 Å². The second-order valence-electron chi connectivity index (χ2n) is 6.06. The number of carbonyl (C=O) groups is 2. The Balaban J connectivity index is 2.00. The summed E-state index contributed by atoms with van der Waals surface area (Å²) < 4.78 is 11.2. The Morgan fingerprint density at radius 2 is 1.92 bits per heavy atom. The van der Waals surface area contributed by atoms with Gasteiger partial charge in [0.2, 0.25) is 18.0 Å². The SMILES string of the molecule is CC(=O)Oc1ccc(C)cc1C1OC(c2ccc(C)nc2)=NN1C(C)=O. The molecule has 1 aromatic heterocycles. The Bertz CT molecular complexity index is 890. The van der Waals surface area contributed by atoms with Gasteiger partial charge in [-0.05, 0) is 38.1 Å². The van der Waals surface area contributed by atoms with Crippen LogP contribution in [0.3, 0.4) is 0 Å². The fraction of sp³-hybridized carbons (Fsp3) is 0.263. The Morgan fingerprint density at radius 1 is 1.15 bits per heavy atom. The number of aromatic nitrogens is 1. The highest BCUT2D eigenvalue weighted by atomic mass is 16.5. The van der Waals surface area contributed by atoms with Crippen molar-refractivity contribution in [2.45, 2.75) is 33.9 Å². The number of hydrogen-bond donors (Lipinski definition) is 0. The molecule has 0 radical (unpaired) electrons. The van der Waals surface area contributed by atoms with Gasteiger partial charge in [-0.1, -0.05) is 11.6 Å². The second kappa shape index (κ2) is 6.95. The summed E-state index contributed by atoms with van der Waals surface area (Å²) in [6, 6.07) is 8.97. The van der Waals surface area contributed by atoms with Crippen molar-refractivity contribution in [2.24, 2.45) is 5.10 Å². The first-order valence-electron chi connectivity index (χ1n) is 8.12. The van der Waals surface area contributed by atoms with Crippen molar-refractivity contribution in [1.29, 1.82) is 0 Å². The maximum atomic E-state index is 12.1. The molecule has 2 aromatic rings. The molecule has 26 heavy (non-hydrogen) atoms. The molecule has 1 amide bonds. The van der Waals surface area contributed by atoms with E-state index >= 15 is 0 Å². The second-order valence-corrected chi connectivity index (χ2v) is 6.06. The molecular formula is C19H19N3O4. The van der Waals surface area contributed by atoms with Crippen molar-refractivity contribution in [2.75, 3.05) is 0 Å². The Morgan fingerprint density at radius 3 is 2.54 bits per heavy atom. The summed E-state index contributed by atoms with van der Waals surface area (Å²) in [5.41, 5.74) is 3.01. The van der Waals surface area contributed by atoms with Gasteiger partial charge in [-0.3, -0.25) is 14.6 Å². The average Bonchev–Trinajstić information content (AvgIpc) is 3.02. The highest BCUT2D eigenvalue weighted by molar-refractivity contribution is 5.96. The molecule has 0 aliphatic carbocycles. The number of hydrogen-bond acceptors (Lipinski definition) is 6. The lowest BCUT2D eigenvalue weighted by Gasteiger charge is -2.21. The first kappa shape index (κ1) is 17.6. The zero-order chi connectivity index (χ0) is 18.8. The summed E-state index contributed by atoms with van der Waals surface area (Å²) in [7, 11) is 0. The van der Waals surface area contributed by atoms with Crippen LogP contribution in [0.5, 0.6) is 5.75 Å². The standard InChI is InChI=1S/C19H19N3O4/c1-11-5-8-17(25-14(4)24)16(9-11)19-22(13(3)23)21-18(26-19)15-7-6-12(2)20-10-15/h5-10,19H,1-4H3. The number of nitrogens with zero attached hydrogens (tertiary/aromatic N) is 3. The van der Waals surface area contributed by atoms with Crippen LogP contribution in [-0.2, 0) is 14.3 Å². The van der Waals surface area contributed by atoms with E-state index in [1.807, 2.05) is 38.1 Å². The van der Waals surface area contributed by atoms with E-state index in [1.54, 1.807) is 12.3 Å². The molecule has 1 aliphatic rings. The lowest BCUT2D eigenvalue weighted by atomic mass is 10.1. The van der Waals surface area contributed by atoms with Crippen LogP contribution in [0.15, 0.2) is 41.6 Å². The number of ether oxygens (including phenoxy) is 2. The van der Waals surface area contributed by atoms with Gasteiger partial charge in [-0.25, -0.2) is 0 Å². The molecule has 1 aliphatic heterocycles. The minimum absolute atomic E-state index is 0.285. The van der Waals surface area contributed by atoms with Crippen molar-refractivity contribution < 1.29 is 19.1 Å². The molecule has 7 heteroatoms. The van der Waals surface area contributed by atoms with Crippen molar-refractivity contribution in [3.63, 3.8) is 0 Å². The number of rotatable bonds is 3. The number of esters is 1. The summed E-state index contributed by atoms with van der Waals surface area (Å²) in [6.07, 6.45) is 0.816. The van der Waals surface area contributed by atoms with E-state index in [9.17, 15) is 9.59 Å². The molecule has 134 valence electrons. The quantitative estimate of drug-likeness (QED) is 0.626. The number of amides is 1. The zero-order valence-corrected chi connectivity index (χ0v) is 15.0. The Hall–Kier alpha value is -3.22. The highest BCUT2D eigenvalue weighted by Crippen LogP contribution is 2.36. The third kappa shape index (κ3) is 3.56. The normalized spacial score (nSPS) is 16.1. The summed E-state index contributed by atoms with van der Waals surface area (Å²) in [6.45, 7) is 6.50. The molecule has 0 saturated carbocycles. The predicted octanol–water partition coefficient (Wildman–Crippen LogP) is 2.86. The van der Waals surface area contributed by atoms with Gasteiger partial charge >= 0.3 is 5.97 Å².